The van der Waals surface area contributed by atoms with E-state index >= 15 is 0 Å². The van der Waals surface area contributed by atoms with E-state index in [9.17, 15) is 9.59 Å². The van der Waals surface area contributed by atoms with Crippen LogP contribution in [0.4, 0.5) is 5.88 Å². The number of rotatable bonds is 3. The highest BCUT2D eigenvalue weighted by Crippen LogP contribution is 2.34. The van der Waals surface area contributed by atoms with E-state index in [-0.39, 0.29) is 17.2 Å². The molecule has 5 rings (SSSR count). The molecule has 140 valence electrons. The summed E-state index contributed by atoms with van der Waals surface area (Å²) in [7, 11) is 0. The lowest BCUT2D eigenvalue weighted by molar-refractivity contribution is 0.102. The van der Waals surface area contributed by atoms with Gasteiger partial charge in [0.25, 0.3) is 5.91 Å². The second-order valence-electron chi connectivity index (χ2n) is 6.59. The van der Waals surface area contributed by atoms with Gasteiger partial charge in [-0.1, -0.05) is 60.7 Å². The molecule has 3 aromatic carbocycles. The number of nitrogens with one attached hydrogen (secondary N) is 1. The van der Waals surface area contributed by atoms with Crippen molar-refractivity contribution in [1.29, 1.82) is 0 Å². The van der Waals surface area contributed by atoms with Crippen LogP contribution in [-0.2, 0) is 0 Å². The van der Waals surface area contributed by atoms with Crippen molar-refractivity contribution in [3.8, 4) is 11.1 Å². The predicted molar refractivity (Wildman–Crippen MR) is 118 cm³/mol. The molecule has 1 amide bonds. The Morgan fingerprint density at radius 3 is 2.41 bits per heavy atom. The third kappa shape index (κ3) is 3.02. The van der Waals surface area contributed by atoms with Gasteiger partial charge in [-0.15, -0.1) is 11.3 Å². The average molecular weight is 397 g/mol. The maximum Gasteiger partial charge on any atom is 0.268 e. The minimum absolute atomic E-state index is 0.156. The fraction of sp³-hybridized carbons (Fsp3) is 0. The van der Waals surface area contributed by atoms with Crippen LogP contribution in [0.3, 0.4) is 0 Å². The van der Waals surface area contributed by atoms with Crippen molar-refractivity contribution < 1.29 is 9.21 Å². The van der Waals surface area contributed by atoms with Gasteiger partial charge in [-0.05, 0) is 39.9 Å². The second-order valence-corrected chi connectivity index (χ2v) is 7.54. The molecule has 0 aliphatic carbocycles. The van der Waals surface area contributed by atoms with Gasteiger partial charge in [0.05, 0.1) is 15.8 Å². The molecule has 0 bridgehead atoms. The summed E-state index contributed by atoms with van der Waals surface area (Å²) >= 11 is 1.33. The third-order valence-electron chi connectivity index (χ3n) is 4.83. The molecule has 0 radical (unpaired) electrons. The summed E-state index contributed by atoms with van der Waals surface area (Å²) in [6.07, 6.45) is 0. The number of fused-ring (bicyclic) bond motifs is 2. The number of amides is 1. The van der Waals surface area contributed by atoms with Crippen molar-refractivity contribution in [2.75, 3.05) is 5.32 Å². The molecule has 0 spiro atoms. The Bertz CT molecular complexity index is 1410. The Labute approximate surface area is 170 Å². The van der Waals surface area contributed by atoms with Crippen molar-refractivity contribution in [2.24, 2.45) is 0 Å². The van der Waals surface area contributed by atoms with Crippen molar-refractivity contribution in [1.82, 2.24) is 0 Å². The summed E-state index contributed by atoms with van der Waals surface area (Å²) in [5, 5.41) is 7.05. The minimum Gasteiger partial charge on any atom is -0.439 e. The topological polar surface area (TPSA) is 59.3 Å². The van der Waals surface area contributed by atoms with Crippen LogP contribution >= 0.6 is 11.3 Å². The molecule has 0 aliphatic rings. The van der Waals surface area contributed by atoms with Crippen LogP contribution in [-0.4, -0.2) is 5.91 Å². The molecule has 5 heteroatoms. The van der Waals surface area contributed by atoms with Gasteiger partial charge in [0.1, 0.15) is 5.58 Å². The van der Waals surface area contributed by atoms with Gasteiger partial charge < -0.3 is 4.42 Å². The molecule has 29 heavy (non-hydrogen) atoms. The molecular weight excluding hydrogens is 382 g/mol. The largest absolute Gasteiger partial charge is 0.439 e. The highest BCUT2D eigenvalue weighted by atomic mass is 32.1. The molecule has 5 aromatic rings. The zero-order chi connectivity index (χ0) is 19.8. The minimum atomic E-state index is -0.306. The molecule has 0 fully saturated rings. The van der Waals surface area contributed by atoms with Gasteiger partial charge >= 0.3 is 0 Å². The SMILES string of the molecule is O=C(Nc1oc2ccccc2c(=O)c1-c1cccc2ccccc12)c1cccs1. The summed E-state index contributed by atoms with van der Waals surface area (Å²) in [5.41, 5.74) is 1.34. The van der Waals surface area contributed by atoms with Gasteiger partial charge in [-0.25, -0.2) is 0 Å². The molecule has 2 aromatic heterocycles. The number of para-hydroxylation sites is 1. The van der Waals surface area contributed by atoms with Crippen LogP contribution in [0.15, 0.2) is 93.5 Å². The van der Waals surface area contributed by atoms with E-state index in [1.165, 1.54) is 11.3 Å². The van der Waals surface area contributed by atoms with Crippen LogP contribution in [0.2, 0.25) is 0 Å². The summed E-state index contributed by atoms with van der Waals surface area (Å²) in [6.45, 7) is 0. The number of thiophene rings is 1. The van der Waals surface area contributed by atoms with Crippen LogP contribution < -0.4 is 10.7 Å². The van der Waals surface area contributed by atoms with Crippen LogP contribution in [0.1, 0.15) is 9.67 Å². The quantitative estimate of drug-likeness (QED) is 0.411. The van der Waals surface area contributed by atoms with Crippen LogP contribution in [0, 0.1) is 0 Å². The fourth-order valence-corrected chi connectivity index (χ4v) is 4.11. The van der Waals surface area contributed by atoms with Crippen LogP contribution in [0.5, 0.6) is 0 Å². The van der Waals surface area contributed by atoms with Gasteiger partial charge in [-0.3, -0.25) is 14.9 Å². The number of hydrogen-bond acceptors (Lipinski definition) is 4. The number of carbonyl (C=O) groups is 1. The van der Waals surface area contributed by atoms with E-state index in [0.717, 1.165) is 16.3 Å². The summed E-state index contributed by atoms with van der Waals surface area (Å²) in [6, 6.07) is 24.2. The number of benzene rings is 3. The highest BCUT2D eigenvalue weighted by Gasteiger charge is 2.20. The maximum atomic E-state index is 13.5. The summed E-state index contributed by atoms with van der Waals surface area (Å²) < 4.78 is 6.02. The molecule has 1 N–H and O–H groups in total. The fourth-order valence-electron chi connectivity index (χ4n) is 3.49. The standard InChI is InChI=1S/C24H15NO3S/c26-22-18-10-3-4-12-19(18)28-24(25-23(27)20-13-6-14-29-20)21(22)17-11-5-8-15-7-1-2-9-16(15)17/h1-14H,(H,25,27). The molecular formula is C24H15NO3S. The van der Waals surface area contributed by atoms with Gasteiger partial charge in [0, 0.05) is 0 Å². The third-order valence-corrected chi connectivity index (χ3v) is 5.70. The molecule has 0 unspecified atom stereocenters. The molecule has 2 heterocycles. The van der Waals surface area contributed by atoms with Crippen molar-refractivity contribution in [3.63, 3.8) is 0 Å². The van der Waals surface area contributed by atoms with E-state index in [0.29, 0.717) is 21.4 Å². The van der Waals surface area contributed by atoms with Gasteiger partial charge in [0.15, 0.2) is 0 Å². The first-order valence-corrected chi connectivity index (χ1v) is 9.99. The molecule has 0 saturated heterocycles. The first-order valence-electron chi connectivity index (χ1n) is 9.11. The highest BCUT2D eigenvalue weighted by molar-refractivity contribution is 7.12. The van der Waals surface area contributed by atoms with Crippen molar-refractivity contribution in [3.05, 3.63) is 99.3 Å². The molecule has 4 nitrogen and oxygen atoms in total. The van der Waals surface area contributed by atoms with Crippen molar-refractivity contribution >= 4 is 44.9 Å². The first kappa shape index (κ1) is 17.4. The maximum absolute atomic E-state index is 13.5. The molecule has 0 saturated carbocycles. The lowest BCUT2D eigenvalue weighted by Crippen LogP contribution is -2.15. The zero-order valence-corrected chi connectivity index (χ0v) is 16.0. The van der Waals surface area contributed by atoms with Crippen LogP contribution in [0.25, 0.3) is 32.9 Å². The Hall–Kier alpha value is -3.70. The smallest absolute Gasteiger partial charge is 0.268 e. The van der Waals surface area contributed by atoms with Crippen molar-refractivity contribution in [2.45, 2.75) is 0 Å². The monoisotopic (exact) mass is 397 g/mol. The normalized spacial score (nSPS) is 11.0. The molecule has 0 aliphatic heterocycles. The predicted octanol–water partition coefficient (Wildman–Crippen LogP) is 5.93. The van der Waals surface area contributed by atoms with E-state index in [1.807, 2.05) is 53.9 Å². The second kappa shape index (κ2) is 7.04. The Morgan fingerprint density at radius 2 is 1.59 bits per heavy atom. The van der Waals surface area contributed by atoms with E-state index in [1.54, 1.807) is 30.3 Å². The number of anilines is 1. The van der Waals surface area contributed by atoms with Gasteiger partial charge in [0.2, 0.25) is 11.3 Å². The van der Waals surface area contributed by atoms with E-state index in [4.69, 9.17) is 4.42 Å². The summed E-state index contributed by atoms with van der Waals surface area (Å²) in [4.78, 5) is 26.7. The first-order chi connectivity index (χ1) is 14.2. The van der Waals surface area contributed by atoms with E-state index in [2.05, 4.69) is 5.32 Å². The zero-order valence-electron chi connectivity index (χ0n) is 15.2. The Morgan fingerprint density at radius 1 is 0.828 bits per heavy atom. The average Bonchev–Trinajstić information content (AvgIpc) is 3.29. The number of hydrogen-bond donors (Lipinski definition) is 1. The molecule has 0 atom stereocenters. The Kier molecular flexibility index (Phi) is 4.22. The Balaban J connectivity index is 1.80. The van der Waals surface area contributed by atoms with Gasteiger partial charge in [-0.2, -0.15) is 0 Å². The number of carbonyl (C=O) groups excluding carboxylic acids is 1. The lowest BCUT2D eigenvalue weighted by atomic mass is 9.97. The summed E-state index contributed by atoms with van der Waals surface area (Å²) in [5.74, 6) is -0.150. The van der Waals surface area contributed by atoms with E-state index < -0.39 is 0 Å². The lowest BCUT2D eigenvalue weighted by Gasteiger charge is -2.13.